The normalized spacial score (nSPS) is 15.5. The van der Waals surface area contributed by atoms with Gasteiger partial charge in [-0.1, -0.05) is 30.3 Å². The number of hydrogen-bond acceptors (Lipinski definition) is 2. The third-order valence-corrected chi connectivity index (χ3v) is 5.57. The number of aryl methyl sites for hydroxylation is 1. The number of para-hydroxylation sites is 1. The maximum absolute atomic E-state index is 12.8. The predicted molar refractivity (Wildman–Crippen MR) is 105 cm³/mol. The van der Waals surface area contributed by atoms with E-state index in [0.717, 1.165) is 37.1 Å². The first-order chi connectivity index (χ1) is 12.7. The van der Waals surface area contributed by atoms with Gasteiger partial charge in [0.05, 0.1) is 0 Å². The minimum atomic E-state index is 0.127. The van der Waals surface area contributed by atoms with Crippen LogP contribution < -0.4 is 5.73 Å². The Bertz CT molecular complexity index is 918. The predicted octanol–water partition coefficient (Wildman–Crippen LogP) is 3.95. The Morgan fingerprint density at radius 1 is 1.12 bits per heavy atom. The molecule has 1 amide bonds. The number of H-pyrrole nitrogens is 1. The number of hydrogen-bond donors (Lipinski definition) is 2. The van der Waals surface area contributed by atoms with E-state index in [1.165, 1.54) is 22.2 Å². The monoisotopic (exact) mass is 347 g/mol. The summed E-state index contributed by atoms with van der Waals surface area (Å²) in [6, 6.07) is 16.2. The average Bonchev–Trinajstić information content (AvgIpc) is 3.03. The van der Waals surface area contributed by atoms with E-state index in [-0.39, 0.29) is 5.91 Å². The summed E-state index contributed by atoms with van der Waals surface area (Å²) < 4.78 is 0. The molecule has 1 saturated heterocycles. The molecule has 0 bridgehead atoms. The van der Waals surface area contributed by atoms with Crippen molar-refractivity contribution in [1.29, 1.82) is 0 Å². The van der Waals surface area contributed by atoms with Gasteiger partial charge in [-0.15, -0.1) is 0 Å². The third kappa shape index (κ3) is 3.01. The molecule has 1 aliphatic rings. The third-order valence-electron chi connectivity index (χ3n) is 5.57. The van der Waals surface area contributed by atoms with Gasteiger partial charge in [0, 0.05) is 41.8 Å². The van der Waals surface area contributed by atoms with Crippen LogP contribution in [0.1, 0.15) is 45.9 Å². The SMILES string of the molecule is Cc1[nH]c2ccccc2c1C1CCN(C(=O)c2ccc(CN)cc2)CC1. The van der Waals surface area contributed by atoms with Crippen LogP contribution in [0.25, 0.3) is 10.9 Å². The van der Waals surface area contributed by atoms with Crippen LogP contribution in [0.2, 0.25) is 0 Å². The smallest absolute Gasteiger partial charge is 0.253 e. The number of nitrogens with zero attached hydrogens (tertiary/aromatic N) is 1. The maximum Gasteiger partial charge on any atom is 0.253 e. The average molecular weight is 347 g/mol. The van der Waals surface area contributed by atoms with Crippen LogP contribution in [-0.2, 0) is 6.54 Å². The topological polar surface area (TPSA) is 62.1 Å². The molecule has 0 unspecified atom stereocenters. The number of nitrogens with one attached hydrogen (secondary N) is 1. The van der Waals surface area contributed by atoms with E-state index in [1.807, 2.05) is 29.2 Å². The molecule has 0 saturated carbocycles. The Labute approximate surface area is 154 Å². The number of carbonyl (C=O) groups is 1. The summed E-state index contributed by atoms with van der Waals surface area (Å²) in [6.07, 6.45) is 2.02. The Kier molecular flexibility index (Phi) is 4.51. The molecule has 1 fully saturated rings. The van der Waals surface area contributed by atoms with Crippen LogP contribution in [0, 0.1) is 6.92 Å². The van der Waals surface area contributed by atoms with Gasteiger partial charge in [0.25, 0.3) is 5.91 Å². The number of fused-ring (bicyclic) bond motifs is 1. The van der Waals surface area contributed by atoms with Crippen molar-refractivity contribution >= 4 is 16.8 Å². The minimum Gasteiger partial charge on any atom is -0.358 e. The van der Waals surface area contributed by atoms with Gasteiger partial charge in [0.2, 0.25) is 0 Å². The van der Waals surface area contributed by atoms with E-state index in [2.05, 4.69) is 36.2 Å². The van der Waals surface area contributed by atoms with Gasteiger partial charge in [-0.2, -0.15) is 0 Å². The highest BCUT2D eigenvalue weighted by Gasteiger charge is 2.27. The molecule has 0 radical (unpaired) electrons. The van der Waals surface area contributed by atoms with Gasteiger partial charge in [0.1, 0.15) is 0 Å². The van der Waals surface area contributed by atoms with Crippen molar-refractivity contribution in [1.82, 2.24) is 9.88 Å². The Balaban J connectivity index is 1.48. The van der Waals surface area contributed by atoms with E-state index in [9.17, 15) is 4.79 Å². The first-order valence-electron chi connectivity index (χ1n) is 9.33. The summed E-state index contributed by atoms with van der Waals surface area (Å²) in [5.41, 5.74) is 11.3. The first-order valence-corrected chi connectivity index (χ1v) is 9.33. The molecule has 4 nitrogen and oxygen atoms in total. The zero-order valence-corrected chi connectivity index (χ0v) is 15.2. The molecule has 26 heavy (non-hydrogen) atoms. The van der Waals surface area contributed by atoms with Crippen molar-refractivity contribution < 1.29 is 4.79 Å². The van der Waals surface area contributed by atoms with Crippen molar-refractivity contribution in [2.75, 3.05) is 13.1 Å². The van der Waals surface area contributed by atoms with Crippen LogP contribution in [0.15, 0.2) is 48.5 Å². The van der Waals surface area contributed by atoms with Crippen LogP contribution in [0.4, 0.5) is 0 Å². The number of piperidine rings is 1. The molecule has 1 aromatic heterocycles. The highest BCUT2D eigenvalue weighted by Crippen LogP contribution is 2.35. The lowest BCUT2D eigenvalue weighted by molar-refractivity contribution is 0.0713. The molecule has 3 N–H and O–H groups in total. The lowest BCUT2D eigenvalue weighted by atomic mass is 9.87. The Hall–Kier alpha value is -2.59. The van der Waals surface area contributed by atoms with E-state index < -0.39 is 0 Å². The first kappa shape index (κ1) is 16.9. The lowest BCUT2D eigenvalue weighted by Gasteiger charge is -2.32. The molecular formula is C22H25N3O. The summed E-state index contributed by atoms with van der Waals surface area (Å²) in [5.74, 6) is 0.637. The van der Waals surface area contributed by atoms with Gasteiger partial charge < -0.3 is 15.6 Å². The molecule has 134 valence electrons. The van der Waals surface area contributed by atoms with Crippen molar-refractivity contribution in [3.8, 4) is 0 Å². The highest BCUT2D eigenvalue weighted by molar-refractivity contribution is 5.94. The van der Waals surface area contributed by atoms with Gasteiger partial charge in [-0.05, 0) is 55.0 Å². The van der Waals surface area contributed by atoms with Crippen molar-refractivity contribution in [3.05, 3.63) is 70.9 Å². The number of likely N-dealkylation sites (tertiary alicyclic amines) is 1. The lowest BCUT2D eigenvalue weighted by Crippen LogP contribution is -2.38. The zero-order chi connectivity index (χ0) is 18.1. The number of aromatic amines is 1. The molecule has 4 heteroatoms. The molecule has 0 aliphatic carbocycles. The largest absolute Gasteiger partial charge is 0.358 e. The van der Waals surface area contributed by atoms with E-state index in [1.54, 1.807) is 0 Å². The Morgan fingerprint density at radius 3 is 2.50 bits per heavy atom. The summed E-state index contributed by atoms with van der Waals surface area (Å²) >= 11 is 0. The van der Waals surface area contributed by atoms with Crippen LogP contribution in [0.5, 0.6) is 0 Å². The van der Waals surface area contributed by atoms with Crippen LogP contribution in [-0.4, -0.2) is 28.9 Å². The van der Waals surface area contributed by atoms with Crippen molar-refractivity contribution in [2.45, 2.75) is 32.2 Å². The van der Waals surface area contributed by atoms with Crippen molar-refractivity contribution in [3.63, 3.8) is 0 Å². The summed E-state index contributed by atoms with van der Waals surface area (Å²) in [6.45, 7) is 4.28. The molecular weight excluding hydrogens is 322 g/mol. The summed E-state index contributed by atoms with van der Waals surface area (Å²) in [5, 5.41) is 1.33. The van der Waals surface area contributed by atoms with Gasteiger partial charge in [-0.25, -0.2) is 0 Å². The maximum atomic E-state index is 12.8. The molecule has 0 atom stereocenters. The van der Waals surface area contributed by atoms with E-state index in [0.29, 0.717) is 12.5 Å². The summed E-state index contributed by atoms with van der Waals surface area (Å²) in [4.78, 5) is 18.2. The van der Waals surface area contributed by atoms with Crippen molar-refractivity contribution in [2.24, 2.45) is 5.73 Å². The molecule has 3 aromatic rings. The van der Waals surface area contributed by atoms with Crippen LogP contribution >= 0.6 is 0 Å². The number of rotatable bonds is 3. The number of aromatic nitrogens is 1. The molecule has 2 heterocycles. The highest BCUT2D eigenvalue weighted by atomic mass is 16.2. The fourth-order valence-electron chi connectivity index (χ4n) is 4.16. The standard InChI is InChI=1S/C22H25N3O/c1-15-21(19-4-2-3-5-20(19)24-15)17-10-12-25(13-11-17)22(26)18-8-6-16(14-23)7-9-18/h2-9,17,24H,10-14,23H2,1H3. The second kappa shape index (κ2) is 6.96. The fraction of sp³-hybridized carbons (Fsp3) is 0.318. The van der Waals surface area contributed by atoms with Crippen LogP contribution in [0.3, 0.4) is 0 Å². The van der Waals surface area contributed by atoms with Gasteiger partial charge >= 0.3 is 0 Å². The zero-order valence-electron chi connectivity index (χ0n) is 15.2. The van der Waals surface area contributed by atoms with E-state index >= 15 is 0 Å². The minimum absolute atomic E-state index is 0.127. The second-order valence-corrected chi connectivity index (χ2v) is 7.18. The Morgan fingerprint density at radius 2 is 1.81 bits per heavy atom. The number of nitrogens with two attached hydrogens (primary N) is 1. The molecule has 4 rings (SSSR count). The number of benzene rings is 2. The number of carbonyl (C=O) groups excluding carboxylic acids is 1. The van der Waals surface area contributed by atoms with E-state index in [4.69, 9.17) is 5.73 Å². The van der Waals surface area contributed by atoms with Gasteiger partial charge in [-0.3, -0.25) is 4.79 Å². The summed E-state index contributed by atoms with van der Waals surface area (Å²) in [7, 11) is 0. The molecule has 2 aromatic carbocycles. The second-order valence-electron chi connectivity index (χ2n) is 7.18. The fourth-order valence-corrected chi connectivity index (χ4v) is 4.16. The molecule has 0 spiro atoms. The molecule has 1 aliphatic heterocycles. The van der Waals surface area contributed by atoms with Gasteiger partial charge in [0.15, 0.2) is 0 Å². The number of amides is 1. The quantitative estimate of drug-likeness (QED) is 0.753.